The molecule has 102 valence electrons. The van der Waals surface area contributed by atoms with Gasteiger partial charge >= 0.3 is 0 Å². The first kappa shape index (κ1) is 15.0. The first-order chi connectivity index (χ1) is 8.18. The van der Waals surface area contributed by atoms with E-state index in [9.17, 15) is 0 Å². The van der Waals surface area contributed by atoms with Crippen LogP contribution in [0, 0.1) is 5.92 Å². The first-order valence-electron chi connectivity index (χ1n) is 7.60. The molecule has 0 heterocycles. The number of rotatable bonds is 7. The van der Waals surface area contributed by atoms with Gasteiger partial charge in [-0.15, -0.1) is 0 Å². The lowest BCUT2D eigenvalue weighted by atomic mass is 9.96. The third kappa shape index (κ3) is 7.77. The zero-order valence-corrected chi connectivity index (χ0v) is 12.2. The minimum absolute atomic E-state index is 0.616. The standard InChI is InChI=1S/C15H32N2/c1-14(2)16-11-13-17(3)12-10-15-8-6-4-5-7-9-15/h14-16H,4-13H2,1-3H3. The monoisotopic (exact) mass is 240 g/mol. The molecule has 0 aromatic carbocycles. The highest BCUT2D eigenvalue weighted by molar-refractivity contribution is 4.67. The molecule has 1 N–H and O–H groups in total. The van der Waals surface area contributed by atoms with E-state index in [0.29, 0.717) is 6.04 Å². The Balaban J connectivity index is 2.03. The first-order valence-corrected chi connectivity index (χ1v) is 7.60. The van der Waals surface area contributed by atoms with Crippen LogP contribution in [-0.2, 0) is 0 Å². The number of likely N-dealkylation sites (N-methyl/N-ethyl adjacent to an activating group) is 1. The maximum absolute atomic E-state index is 3.48. The van der Waals surface area contributed by atoms with Gasteiger partial charge in [0.05, 0.1) is 0 Å². The molecule has 1 rings (SSSR count). The Bertz CT molecular complexity index is 172. The van der Waals surface area contributed by atoms with Crippen molar-refractivity contribution < 1.29 is 0 Å². The average molecular weight is 240 g/mol. The molecule has 1 aliphatic carbocycles. The Morgan fingerprint density at radius 2 is 1.71 bits per heavy atom. The fourth-order valence-electron chi connectivity index (χ4n) is 2.71. The molecule has 0 radical (unpaired) electrons. The molecule has 2 heteroatoms. The summed E-state index contributed by atoms with van der Waals surface area (Å²) in [6.07, 6.45) is 10.3. The summed E-state index contributed by atoms with van der Waals surface area (Å²) >= 11 is 0. The van der Waals surface area contributed by atoms with E-state index in [2.05, 4.69) is 31.1 Å². The summed E-state index contributed by atoms with van der Waals surface area (Å²) in [6.45, 7) is 8.02. The lowest BCUT2D eigenvalue weighted by Gasteiger charge is -2.21. The molecule has 1 saturated carbocycles. The maximum atomic E-state index is 3.48. The SMILES string of the molecule is CC(C)NCCN(C)CCC1CCCCCC1. The van der Waals surface area contributed by atoms with E-state index in [4.69, 9.17) is 0 Å². The van der Waals surface area contributed by atoms with E-state index in [-0.39, 0.29) is 0 Å². The topological polar surface area (TPSA) is 15.3 Å². The second-order valence-electron chi connectivity index (χ2n) is 6.06. The summed E-state index contributed by atoms with van der Waals surface area (Å²) in [5, 5.41) is 3.48. The summed E-state index contributed by atoms with van der Waals surface area (Å²) in [5.41, 5.74) is 0. The Hall–Kier alpha value is -0.0800. The Morgan fingerprint density at radius 1 is 1.06 bits per heavy atom. The largest absolute Gasteiger partial charge is 0.313 e. The molecule has 2 nitrogen and oxygen atoms in total. The molecule has 0 atom stereocenters. The van der Waals surface area contributed by atoms with Crippen molar-refractivity contribution in [1.29, 1.82) is 0 Å². The molecule has 0 aliphatic heterocycles. The van der Waals surface area contributed by atoms with E-state index in [1.165, 1.54) is 58.0 Å². The highest BCUT2D eigenvalue weighted by Crippen LogP contribution is 2.25. The number of nitrogens with one attached hydrogen (secondary N) is 1. The molecule has 0 bridgehead atoms. The van der Waals surface area contributed by atoms with Gasteiger partial charge in [0, 0.05) is 19.1 Å². The normalized spacial score (nSPS) is 18.9. The van der Waals surface area contributed by atoms with E-state index >= 15 is 0 Å². The third-order valence-electron chi connectivity index (χ3n) is 3.94. The Labute approximate surface area is 108 Å². The zero-order chi connectivity index (χ0) is 12.5. The van der Waals surface area contributed by atoms with Crippen LogP contribution in [0.5, 0.6) is 0 Å². The highest BCUT2D eigenvalue weighted by Gasteiger charge is 2.12. The molecular formula is C15H32N2. The van der Waals surface area contributed by atoms with Crippen LogP contribution in [0.25, 0.3) is 0 Å². The predicted molar refractivity (Wildman–Crippen MR) is 76.4 cm³/mol. The predicted octanol–water partition coefficient (Wildman–Crippen LogP) is 3.28. The van der Waals surface area contributed by atoms with Gasteiger partial charge < -0.3 is 10.2 Å². The van der Waals surface area contributed by atoms with E-state index < -0.39 is 0 Å². The fraction of sp³-hybridized carbons (Fsp3) is 1.00. The molecule has 0 spiro atoms. The van der Waals surface area contributed by atoms with Crippen LogP contribution in [0.15, 0.2) is 0 Å². The van der Waals surface area contributed by atoms with E-state index in [1.807, 2.05) is 0 Å². The van der Waals surface area contributed by atoms with Gasteiger partial charge in [-0.25, -0.2) is 0 Å². The lowest BCUT2D eigenvalue weighted by Crippen LogP contribution is -2.33. The fourth-order valence-corrected chi connectivity index (χ4v) is 2.71. The van der Waals surface area contributed by atoms with Crippen LogP contribution >= 0.6 is 0 Å². The lowest BCUT2D eigenvalue weighted by molar-refractivity contribution is 0.285. The quantitative estimate of drug-likeness (QED) is 0.687. The van der Waals surface area contributed by atoms with Crippen molar-refractivity contribution in [2.45, 2.75) is 64.8 Å². The molecule has 0 aromatic rings. The minimum atomic E-state index is 0.616. The van der Waals surface area contributed by atoms with Crippen molar-refractivity contribution in [2.75, 3.05) is 26.7 Å². The van der Waals surface area contributed by atoms with Crippen molar-refractivity contribution >= 4 is 0 Å². The van der Waals surface area contributed by atoms with Crippen molar-refractivity contribution in [3.05, 3.63) is 0 Å². The average Bonchev–Trinajstić information content (AvgIpc) is 2.54. The molecular weight excluding hydrogens is 208 g/mol. The summed E-state index contributed by atoms with van der Waals surface area (Å²) in [4.78, 5) is 2.49. The van der Waals surface area contributed by atoms with Crippen LogP contribution in [-0.4, -0.2) is 37.6 Å². The van der Waals surface area contributed by atoms with Gasteiger partial charge in [0.15, 0.2) is 0 Å². The van der Waals surface area contributed by atoms with Crippen molar-refractivity contribution in [1.82, 2.24) is 10.2 Å². The van der Waals surface area contributed by atoms with Gasteiger partial charge in [-0.3, -0.25) is 0 Å². The maximum Gasteiger partial charge on any atom is 0.0104 e. The zero-order valence-electron chi connectivity index (χ0n) is 12.2. The summed E-state index contributed by atoms with van der Waals surface area (Å²) in [6, 6.07) is 0.616. The number of hydrogen-bond acceptors (Lipinski definition) is 2. The van der Waals surface area contributed by atoms with Gasteiger partial charge in [-0.2, -0.15) is 0 Å². The highest BCUT2D eigenvalue weighted by atomic mass is 15.1. The molecule has 17 heavy (non-hydrogen) atoms. The van der Waals surface area contributed by atoms with Crippen LogP contribution in [0.4, 0.5) is 0 Å². The van der Waals surface area contributed by atoms with E-state index in [0.717, 1.165) is 12.5 Å². The summed E-state index contributed by atoms with van der Waals surface area (Å²) in [7, 11) is 2.26. The van der Waals surface area contributed by atoms with Crippen LogP contribution in [0.2, 0.25) is 0 Å². The van der Waals surface area contributed by atoms with Crippen LogP contribution in [0.1, 0.15) is 58.8 Å². The smallest absolute Gasteiger partial charge is 0.0104 e. The van der Waals surface area contributed by atoms with Crippen molar-refractivity contribution in [3.63, 3.8) is 0 Å². The van der Waals surface area contributed by atoms with Gasteiger partial charge in [-0.1, -0.05) is 52.4 Å². The number of nitrogens with zero attached hydrogens (tertiary/aromatic N) is 1. The molecule has 1 aliphatic rings. The molecule has 0 aromatic heterocycles. The van der Waals surface area contributed by atoms with Crippen molar-refractivity contribution in [3.8, 4) is 0 Å². The van der Waals surface area contributed by atoms with Gasteiger partial charge in [0.2, 0.25) is 0 Å². The van der Waals surface area contributed by atoms with Gasteiger partial charge in [0.25, 0.3) is 0 Å². The van der Waals surface area contributed by atoms with Crippen molar-refractivity contribution in [2.24, 2.45) is 5.92 Å². The molecule has 0 unspecified atom stereocenters. The molecule has 1 fully saturated rings. The van der Waals surface area contributed by atoms with E-state index in [1.54, 1.807) is 0 Å². The third-order valence-corrected chi connectivity index (χ3v) is 3.94. The summed E-state index contributed by atoms with van der Waals surface area (Å²) < 4.78 is 0. The number of hydrogen-bond donors (Lipinski definition) is 1. The van der Waals surface area contributed by atoms with Gasteiger partial charge in [-0.05, 0) is 25.9 Å². The Morgan fingerprint density at radius 3 is 2.29 bits per heavy atom. The Kier molecular flexibility index (Phi) is 7.87. The van der Waals surface area contributed by atoms with Gasteiger partial charge in [0.1, 0.15) is 0 Å². The molecule has 0 saturated heterocycles. The second kappa shape index (κ2) is 8.93. The van der Waals surface area contributed by atoms with Crippen LogP contribution < -0.4 is 5.32 Å². The second-order valence-corrected chi connectivity index (χ2v) is 6.06. The summed E-state index contributed by atoms with van der Waals surface area (Å²) in [5.74, 6) is 1.01. The minimum Gasteiger partial charge on any atom is -0.313 e. The van der Waals surface area contributed by atoms with Crippen LogP contribution in [0.3, 0.4) is 0 Å². The molecule has 0 amide bonds.